The maximum atomic E-state index is 9.37. The standard InChI is InChI=1S/C17H13Cl2NO2/c1-21-16-9-11(8-15(19)17(16)22-2)7-13(10-20)12-3-5-14(18)6-4-12/h3-9H,1-2H3/b13-7+. The highest BCUT2D eigenvalue weighted by Crippen LogP contribution is 2.37. The molecule has 22 heavy (non-hydrogen) atoms. The van der Waals surface area contributed by atoms with Gasteiger partial charge in [-0.3, -0.25) is 0 Å². The molecule has 0 heterocycles. The molecular formula is C17H13Cl2NO2. The van der Waals surface area contributed by atoms with Gasteiger partial charge in [-0.1, -0.05) is 35.3 Å². The maximum absolute atomic E-state index is 9.37. The summed E-state index contributed by atoms with van der Waals surface area (Å²) < 4.78 is 10.4. The van der Waals surface area contributed by atoms with Crippen molar-refractivity contribution in [2.75, 3.05) is 14.2 Å². The first-order valence-electron chi connectivity index (χ1n) is 6.38. The fourth-order valence-corrected chi connectivity index (χ4v) is 2.42. The summed E-state index contributed by atoms with van der Waals surface area (Å²) in [4.78, 5) is 0. The topological polar surface area (TPSA) is 42.2 Å². The zero-order valence-electron chi connectivity index (χ0n) is 12.1. The second-order valence-corrected chi connectivity index (χ2v) is 5.26. The van der Waals surface area contributed by atoms with E-state index in [1.807, 2.05) is 0 Å². The van der Waals surface area contributed by atoms with E-state index in [4.69, 9.17) is 32.7 Å². The van der Waals surface area contributed by atoms with Crippen LogP contribution in [0.5, 0.6) is 11.5 Å². The number of allylic oxidation sites excluding steroid dienone is 1. The van der Waals surface area contributed by atoms with Gasteiger partial charge in [-0.2, -0.15) is 5.26 Å². The first kappa shape index (κ1) is 16.2. The first-order valence-corrected chi connectivity index (χ1v) is 7.14. The number of benzene rings is 2. The molecule has 0 bridgehead atoms. The Kier molecular flexibility index (Phi) is 5.32. The molecule has 0 amide bonds. The zero-order valence-corrected chi connectivity index (χ0v) is 13.6. The summed E-state index contributed by atoms with van der Waals surface area (Å²) >= 11 is 12.0. The van der Waals surface area contributed by atoms with Crippen LogP contribution in [-0.4, -0.2) is 14.2 Å². The van der Waals surface area contributed by atoms with E-state index in [1.165, 1.54) is 14.2 Å². The molecule has 0 fully saturated rings. The molecule has 2 aromatic carbocycles. The van der Waals surface area contributed by atoms with E-state index >= 15 is 0 Å². The van der Waals surface area contributed by atoms with E-state index in [1.54, 1.807) is 42.5 Å². The number of hydrogen-bond donors (Lipinski definition) is 0. The molecule has 0 radical (unpaired) electrons. The number of nitrogens with zero attached hydrogens (tertiary/aromatic N) is 1. The molecule has 0 N–H and O–H groups in total. The molecule has 5 heteroatoms. The van der Waals surface area contributed by atoms with Crippen LogP contribution in [0.25, 0.3) is 11.6 Å². The Balaban J connectivity index is 2.48. The third-order valence-electron chi connectivity index (χ3n) is 3.04. The Morgan fingerprint density at radius 2 is 1.77 bits per heavy atom. The fraction of sp³-hybridized carbons (Fsp3) is 0.118. The Bertz CT molecular complexity index is 746. The zero-order chi connectivity index (χ0) is 16.1. The summed E-state index contributed by atoms with van der Waals surface area (Å²) in [6.07, 6.45) is 1.73. The lowest BCUT2D eigenvalue weighted by atomic mass is 10.0. The van der Waals surface area contributed by atoms with Crippen LogP contribution in [0.15, 0.2) is 36.4 Å². The monoisotopic (exact) mass is 333 g/mol. The Morgan fingerprint density at radius 1 is 1.09 bits per heavy atom. The van der Waals surface area contributed by atoms with Crippen LogP contribution < -0.4 is 9.47 Å². The summed E-state index contributed by atoms with van der Waals surface area (Å²) in [6, 6.07) is 12.7. The van der Waals surface area contributed by atoms with Gasteiger partial charge in [0.2, 0.25) is 0 Å². The molecule has 3 nitrogen and oxygen atoms in total. The smallest absolute Gasteiger partial charge is 0.179 e. The van der Waals surface area contributed by atoms with Gasteiger partial charge in [0.1, 0.15) is 0 Å². The average molecular weight is 334 g/mol. The largest absolute Gasteiger partial charge is 0.493 e. The van der Waals surface area contributed by atoms with E-state index in [0.717, 1.165) is 11.1 Å². The normalized spacial score (nSPS) is 11.0. The molecule has 2 rings (SSSR count). The Morgan fingerprint density at radius 3 is 2.32 bits per heavy atom. The van der Waals surface area contributed by atoms with Crippen LogP contribution in [0.3, 0.4) is 0 Å². The third kappa shape index (κ3) is 3.54. The molecule has 0 unspecified atom stereocenters. The summed E-state index contributed by atoms with van der Waals surface area (Å²) in [5.74, 6) is 0.973. The van der Waals surface area contributed by atoms with Gasteiger partial charge in [-0.05, 0) is 41.5 Å². The minimum absolute atomic E-state index is 0.418. The second-order valence-electron chi connectivity index (χ2n) is 4.41. The lowest BCUT2D eigenvalue weighted by molar-refractivity contribution is 0.355. The van der Waals surface area contributed by atoms with Crippen molar-refractivity contribution in [3.05, 3.63) is 57.6 Å². The van der Waals surface area contributed by atoms with Crippen molar-refractivity contribution < 1.29 is 9.47 Å². The summed E-state index contributed by atoms with van der Waals surface area (Å²) in [5.41, 5.74) is 2.02. The number of methoxy groups -OCH3 is 2. The van der Waals surface area contributed by atoms with Crippen LogP contribution >= 0.6 is 23.2 Å². The molecule has 0 saturated carbocycles. The van der Waals surface area contributed by atoms with Gasteiger partial charge in [-0.25, -0.2) is 0 Å². The highest BCUT2D eigenvalue weighted by Gasteiger charge is 2.11. The number of nitriles is 1. The van der Waals surface area contributed by atoms with Crippen LogP contribution in [0, 0.1) is 11.3 Å². The predicted molar refractivity (Wildman–Crippen MR) is 89.5 cm³/mol. The van der Waals surface area contributed by atoms with Crippen LogP contribution in [0.4, 0.5) is 0 Å². The SMILES string of the molecule is COc1cc(/C=C(\C#N)c2ccc(Cl)cc2)cc(Cl)c1OC. The number of rotatable bonds is 4. The molecular weight excluding hydrogens is 321 g/mol. The van der Waals surface area contributed by atoms with E-state index in [0.29, 0.717) is 27.1 Å². The third-order valence-corrected chi connectivity index (χ3v) is 3.58. The molecule has 0 aliphatic carbocycles. The molecule has 0 aliphatic heterocycles. The molecule has 2 aromatic rings. The summed E-state index contributed by atoms with van der Waals surface area (Å²) in [5, 5.41) is 10.4. The molecule has 112 valence electrons. The van der Waals surface area contributed by atoms with Gasteiger partial charge in [-0.15, -0.1) is 0 Å². The van der Waals surface area contributed by atoms with Crippen LogP contribution in [0.1, 0.15) is 11.1 Å². The summed E-state index contributed by atoms with van der Waals surface area (Å²) in [6.45, 7) is 0. The fourth-order valence-electron chi connectivity index (χ4n) is 2.00. The first-order chi connectivity index (χ1) is 10.6. The number of hydrogen-bond acceptors (Lipinski definition) is 3. The number of ether oxygens (including phenoxy) is 2. The van der Waals surface area contributed by atoms with Crippen LogP contribution in [-0.2, 0) is 0 Å². The minimum atomic E-state index is 0.418. The van der Waals surface area contributed by atoms with E-state index in [-0.39, 0.29) is 0 Å². The molecule has 0 atom stereocenters. The maximum Gasteiger partial charge on any atom is 0.179 e. The molecule has 0 aliphatic rings. The van der Waals surface area contributed by atoms with Gasteiger partial charge in [0.15, 0.2) is 11.5 Å². The molecule has 0 spiro atoms. The van der Waals surface area contributed by atoms with Gasteiger partial charge < -0.3 is 9.47 Å². The molecule has 0 saturated heterocycles. The lowest BCUT2D eigenvalue weighted by Crippen LogP contribution is -1.92. The highest BCUT2D eigenvalue weighted by atomic mass is 35.5. The molecule has 0 aromatic heterocycles. The van der Waals surface area contributed by atoms with Gasteiger partial charge in [0, 0.05) is 5.02 Å². The minimum Gasteiger partial charge on any atom is -0.493 e. The average Bonchev–Trinajstić information content (AvgIpc) is 2.53. The van der Waals surface area contributed by atoms with E-state index in [2.05, 4.69) is 6.07 Å². The van der Waals surface area contributed by atoms with Gasteiger partial charge in [0.25, 0.3) is 0 Å². The predicted octanol–water partition coefficient (Wildman–Crippen LogP) is 5.07. The van der Waals surface area contributed by atoms with Crippen molar-refractivity contribution in [3.8, 4) is 17.6 Å². The van der Waals surface area contributed by atoms with Gasteiger partial charge in [0.05, 0.1) is 30.9 Å². The van der Waals surface area contributed by atoms with Crippen LogP contribution in [0.2, 0.25) is 10.0 Å². The summed E-state index contributed by atoms with van der Waals surface area (Å²) in [7, 11) is 3.06. The van der Waals surface area contributed by atoms with Gasteiger partial charge >= 0.3 is 0 Å². The van der Waals surface area contributed by atoms with Crippen molar-refractivity contribution in [2.24, 2.45) is 0 Å². The Labute approximate surface area is 139 Å². The quantitative estimate of drug-likeness (QED) is 0.579. The van der Waals surface area contributed by atoms with Crippen molar-refractivity contribution in [3.63, 3.8) is 0 Å². The lowest BCUT2D eigenvalue weighted by Gasteiger charge is -2.10. The van der Waals surface area contributed by atoms with Crippen molar-refractivity contribution in [2.45, 2.75) is 0 Å². The number of halogens is 2. The Hall–Kier alpha value is -2.15. The second kappa shape index (κ2) is 7.22. The van der Waals surface area contributed by atoms with E-state index < -0.39 is 0 Å². The highest BCUT2D eigenvalue weighted by molar-refractivity contribution is 6.32. The van der Waals surface area contributed by atoms with E-state index in [9.17, 15) is 5.26 Å². The van der Waals surface area contributed by atoms with Crippen molar-refractivity contribution in [1.82, 2.24) is 0 Å². The van der Waals surface area contributed by atoms with Crippen molar-refractivity contribution in [1.29, 1.82) is 5.26 Å². The van der Waals surface area contributed by atoms with Crippen molar-refractivity contribution >= 4 is 34.9 Å².